The molecule has 0 aliphatic carbocycles. The molecule has 0 amide bonds. The first-order valence-electron chi connectivity index (χ1n) is 20.1. The summed E-state index contributed by atoms with van der Waals surface area (Å²) in [5.74, 6) is -25.4. The van der Waals surface area contributed by atoms with Crippen LogP contribution in [0.25, 0.3) is 0 Å². The van der Waals surface area contributed by atoms with Crippen LogP contribution in [0, 0.1) is 0 Å². The Morgan fingerprint density at radius 2 is 0.894 bits per heavy atom. The third kappa shape index (κ3) is 16.2. The Bertz CT molecular complexity index is 2110. The highest BCUT2D eigenvalue weighted by Crippen LogP contribution is 2.54. The van der Waals surface area contributed by atoms with Crippen LogP contribution in [0.4, 0.5) is 39.5 Å². The van der Waals surface area contributed by atoms with Gasteiger partial charge in [-0.3, -0.25) is 0 Å². The highest BCUT2D eigenvalue weighted by Gasteiger charge is 2.81. The molecule has 0 heterocycles. The second-order valence-corrected chi connectivity index (χ2v) is 14.0. The number of esters is 5. The third-order valence-corrected chi connectivity index (χ3v) is 9.06. The zero-order valence-electron chi connectivity index (χ0n) is 35.1. The van der Waals surface area contributed by atoms with Crippen molar-refractivity contribution in [1.82, 2.24) is 0 Å². The van der Waals surface area contributed by atoms with Gasteiger partial charge in [-0.15, -0.1) is 0 Å². The lowest BCUT2D eigenvalue weighted by Gasteiger charge is -2.33. The first kappa shape index (κ1) is 53.8. The molecule has 0 atom stereocenters. The minimum absolute atomic E-state index is 0.0361. The fourth-order valence-electron chi connectivity index (χ4n) is 5.39. The molecule has 0 saturated heterocycles. The number of unbranched alkanes of at least 4 members (excludes halogenated alkanes) is 6. The van der Waals surface area contributed by atoms with Crippen molar-refractivity contribution in [3.8, 4) is 23.0 Å². The van der Waals surface area contributed by atoms with Crippen LogP contribution < -0.4 is 18.9 Å². The van der Waals surface area contributed by atoms with Gasteiger partial charge in [0.1, 0.15) is 28.6 Å². The summed E-state index contributed by atoms with van der Waals surface area (Å²) < 4.78 is 157. The van der Waals surface area contributed by atoms with Crippen LogP contribution in [0.5, 0.6) is 23.0 Å². The van der Waals surface area contributed by atoms with Gasteiger partial charge in [0.05, 0.1) is 50.6 Å². The monoisotopic (exact) mass is 948 g/mol. The van der Waals surface area contributed by atoms with E-state index in [0.717, 1.165) is 56.0 Å². The molecule has 0 spiro atoms. The average molecular weight is 949 g/mol. The number of carbonyl (C=O) groups is 5. The summed E-state index contributed by atoms with van der Waals surface area (Å²) in [6.45, 7) is 5.92. The Morgan fingerprint density at radius 1 is 0.470 bits per heavy atom. The van der Waals surface area contributed by atoms with Crippen molar-refractivity contribution in [2.75, 3.05) is 33.0 Å². The van der Waals surface area contributed by atoms with Crippen LogP contribution in [-0.4, -0.2) is 86.8 Å². The first-order chi connectivity index (χ1) is 31.1. The minimum Gasteiger partial charge on any atom is -0.494 e. The Morgan fingerprint density at radius 3 is 1.33 bits per heavy atom. The number of hydrogen-bond donors (Lipinski definition) is 0. The van der Waals surface area contributed by atoms with Gasteiger partial charge < -0.3 is 33.2 Å². The van der Waals surface area contributed by atoms with Crippen molar-refractivity contribution >= 4 is 29.8 Å². The van der Waals surface area contributed by atoms with Gasteiger partial charge in [0.2, 0.25) is 0 Å². The van der Waals surface area contributed by atoms with E-state index in [2.05, 4.69) is 17.9 Å². The molecule has 3 rings (SSSR count). The van der Waals surface area contributed by atoms with Crippen molar-refractivity contribution in [2.24, 2.45) is 0 Å². The van der Waals surface area contributed by atoms with Gasteiger partial charge in [-0.2, -0.15) is 39.5 Å². The minimum atomic E-state index is -7.16. The van der Waals surface area contributed by atoms with Gasteiger partial charge in [0.15, 0.2) is 0 Å². The molecular weight excluding hydrogens is 903 g/mol. The topological polar surface area (TPSA) is 150 Å². The zero-order chi connectivity index (χ0) is 49.0. The van der Waals surface area contributed by atoms with E-state index >= 15 is 0 Å². The van der Waals surface area contributed by atoms with Gasteiger partial charge in [0, 0.05) is 12.2 Å². The van der Waals surface area contributed by atoms with Crippen molar-refractivity contribution in [3.63, 3.8) is 0 Å². The fourth-order valence-corrected chi connectivity index (χ4v) is 5.39. The molecular formula is C45H45F9O12. The third-order valence-electron chi connectivity index (χ3n) is 9.06. The Labute approximate surface area is 372 Å². The fraction of sp³-hybridized carbons (Fsp3) is 0.400. The average Bonchev–Trinajstić information content (AvgIpc) is 3.28. The Kier molecular flexibility index (Phi) is 20.6. The number of benzene rings is 3. The smallest absolute Gasteiger partial charge is 0.460 e. The van der Waals surface area contributed by atoms with Crippen molar-refractivity contribution in [3.05, 3.63) is 109 Å². The molecule has 66 heavy (non-hydrogen) atoms. The summed E-state index contributed by atoms with van der Waals surface area (Å²) in [5.41, 5.74) is -0.995. The second-order valence-electron chi connectivity index (χ2n) is 14.0. The molecule has 0 aliphatic heterocycles. The molecule has 0 bridgehead atoms. The summed E-state index contributed by atoms with van der Waals surface area (Å²) in [6.07, 6.45) is -1.76. The van der Waals surface area contributed by atoms with Gasteiger partial charge in [-0.05, 0) is 118 Å². The highest BCUT2D eigenvalue weighted by molar-refractivity contribution is 5.97. The molecule has 0 N–H and O–H groups in total. The van der Waals surface area contributed by atoms with Gasteiger partial charge in [-0.25, -0.2) is 24.0 Å². The summed E-state index contributed by atoms with van der Waals surface area (Å²) in [7, 11) is 0. The molecule has 360 valence electrons. The maximum absolute atomic E-state index is 14.2. The lowest BCUT2D eigenvalue weighted by Crippen LogP contribution is -2.61. The summed E-state index contributed by atoms with van der Waals surface area (Å²) in [5, 5.41) is 0. The molecule has 0 aromatic heterocycles. The first-order valence-corrected chi connectivity index (χ1v) is 20.1. The SMILES string of the molecule is C=CC(=O)OCCCCCCOc1ccc(C(=O)Oc2ccc(OC(=O)c3ccc(OCCCCCCOC(=O)C=C)cc3)c(C(=O)OCCC(F)(F)C(F)(F)C(F)(F)C(F)(F)F)c2)cc1. The predicted molar refractivity (Wildman–Crippen MR) is 215 cm³/mol. The Balaban J connectivity index is 1.69. The molecule has 3 aromatic rings. The Hall–Kier alpha value is -6.54. The summed E-state index contributed by atoms with van der Waals surface area (Å²) in [4.78, 5) is 61.4. The van der Waals surface area contributed by atoms with E-state index in [-0.39, 0.29) is 24.3 Å². The standard InChI is InChI=1S/C45H45F9O12/c1-3-37(55)62-26-11-7-5-9-24-60-32-17-13-30(14-18-32)39(57)65-34-21-22-36(35(29-34)41(59)64-28-23-42(46,47)43(48,49)44(50,51)45(52,53)54)66-40(58)31-15-19-33(20-16-31)61-25-10-6-8-12-27-63-38(56)4-2/h3-4,13-22,29H,1-2,5-12,23-28H2. The maximum atomic E-state index is 14.2. The van der Waals surface area contributed by atoms with Crippen LogP contribution in [0.2, 0.25) is 0 Å². The van der Waals surface area contributed by atoms with Crippen molar-refractivity contribution < 1.29 is 96.6 Å². The maximum Gasteiger partial charge on any atom is 0.460 e. The molecule has 21 heteroatoms. The largest absolute Gasteiger partial charge is 0.494 e. The van der Waals surface area contributed by atoms with Crippen LogP contribution in [0.3, 0.4) is 0 Å². The van der Waals surface area contributed by atoms with E-state index in [1.807, 2.05) is 0 Å². The van der Waals surface area contributed by atoms with Crippen LogP contribution >= 0.6 is 0 Å². The van der Waals surface area contributed by atoms with Crippen LogP contribution in [-0.2, 0) is 23.8 Å². The quantitative estimate of drug-likeness (QED) is 0.0170. The van der Waals surface area contributed by atoms with Gasteiger partial charge in [-0.1, -0.05) is 13.2 Å². The molecule has 12 nitrogen and oxygen atoms in total. The van der Waals surface area contributed by atoms with Crippen LogP contribution in [0.1, 0.15) is 88.9 Å². The molecule has 0 fully saturated rings. The van der Waals surface area contributed by atoms with Gasteiger partial charge in [0.25, 0.3) is 0 Å². The molecule has 3 aromatic carbocycles. The molecule has 0 unspecified atom stereocenters. The number of alkyl halides is 9. The summed E-state index contributed by atoms with van der Waals surface area (Å²) in [6, 6.07) is 13.7. The molecule has 0 saturated carbocycles. The number of ether oxygens (including phenoxy) is 7. The lowest BCUT2D eigenvalue weighted by atomic mass is 10.0. The number of halogens is 9. The number of hydrogen-bond acceptors (Lipinski definition) is 12. The van der Waals surface area contributed by atoms with E-state index in [1.54, 1.807) is 0 Å². The zero-order valence-corrected chi connectivity index (χ0v) is 35.1. The molecule has 0 aliphatic rings. The van der Waals surface area contributed by atoms with E-state index in [9.17, 15) is 63.5 Å². The van der Waals surface area contributed by atoms with E-state index in [1.165, 1.54) is 48.5 Å². The summed E-state index contributed by atoms with van der Waals surface area (Å²) >= 11 is 0. The van der Waals surface area contributed by atoms with Crippen molar-refractivity contribution in [1.29, 1.82) is 0 Å². The number of rotatable bonds is 28. The van der Waals surface area contributed by atoms with Gasteiger partial charge >= 0.3 is 53.8 Å². The second kappa shape index (κ2) is 25.2. The highest BCUT2D eigenvalue weighted by atomic mass is 19.4. The normalized spacial score (nSPS) is 11.8. The van der Waals surface area contributed by atoms with E-state index in [4.69, 9.17) is 28.4 Å². The molecule has 0 radical (unpaired) electrons. The van der Waals surface area contributed by atoms with Crippen LogP contribution in [0.15, 0.2) is 92.0 Å². The predicted octanol–water partition coefficient (Wildman–Crippen LogP) is 10.5. The van der Waals surface area contributed by atoms with E-state index in [0.29, 0.717) is 50.4 Å². The lowest BCUT2D eigenvalue weighted by molar-refractivity contribution is -0.397. The number of carbonyl (C=O) groups excluding carboxylic acids is 5. The van der Waals surface area contributed by atoms with E-state index < -0.39 is 83.9 Å². The van der Waals surface area contributed by atoms with Crippen molar-refractivity contribution in [2.45, 2.75) is 81.7 Å².